The lowest BCUT2D eigenvalue weighted by Crippen LogP contribution is -2.50. The van der Waals surface area contributed by atoms with Crippen molar-refractivity contribution in [3.63, 3.8) is 0 Å². The second kappa shape index (κ2) is 11.0. The maximum atomic E-state index is 12.3. The molecule has 3 atom stereocenters. The fourth-order valence-corrected chi connectivity index (χ4v) is 3.98. The number of ether oxygens (including phenoxy) is 2. The van der Waals surface area contributed by atoms with Gasteiger partial charge in [-0.1, -0.05) is 55.5 Å². The van der Waals surface area contributed by atoms with Crippen LogP contribution in [-0.2, 0) is 19.1 Å². The molecule has 0 heterocycles. The van der Waals surface area contributed by atoms with Gasteiger partial charge in [-0.05, 0) is 35.6 Å². The van der Waals surface area contributed by atoms with Crippen LogP contribution in [0.5, 0.6) is 0 Å². The first-order chi connectivity index (χ1) is 15.8. The van der Waals surface area contributed by atoms with E-state index in [1.54, 1.807) is 13.8 Å². The van der Waals surface area contributed by atoms with Crippen LogP contribution in [0.25, 0.3) is 11.1 Å². The number of hydrogen-bond donors (Lipinski definition) is 3. The van der Waals surface area contributed by atoms with Gasteiger partial charge in [0.15, 0.2) is 6.04 Å². The molecule has 2 amide bonds. The SMILES string of the molecule is CO[C@H](C)[C@H](NC(=O)C(C)CCNC(=O)OCC1c2ccccc2-c2ccccc21)C(=O)O. The van der Waals surface area contributed by atoms with E-state index in [4.69, 9.17) is 9.47 Å². The standard InChI is InChI=1S/C25H30N2O6/c1-15(23(28)27-22(24(29)30)16(2)32-3)12-13-26-25(31)33-14-21-19-10-6-4-8-17(19)18-9-5-7-11-20(18)21/h4-11,15-16,21-22H,12-14H2,1-3H3,(H,26,31)(H,27,28)(H,29,30)/t15?,16-,22+/m1/s1. The number of aliphatic carboxylic acids is 1. The Hall–Kier alpha value is -3.39. The summed E-state index contributed by atoms with van der Waals surface area (Å²) in [5.74, 6) is -2.10. The Bertz CT molecular complexity index is 962. The monoisotopic (exact) mass is 454 g/mol. The average molecular weight is 455 g/mol. The van der Waals surface area contributed by atoms with Gasteiger partial charge in [0.1, 0.15) is 6.61 Å². The van der Waals surface area contributed by atoms with E-state index in [2.05, 4.69) is 34.9 Å². The molecular weight excluding hydrogens is 424 g/mol. The summed E-state index contributed by atoms with van der Waals surface area (Å²) in [5.41, 5.74) is 4.58. The topological polar surface area (TPSA) is 114 Å². The molecule has 3 rings (SSSR count). The van der Waals surface area contributed by atoms with Crippen LogP contribution < -0.4 is 10.6 Å². The van der Waals surface area contributed by atoms with Crippen molar-refractivity contribution in [3.8, 4) is 11.1 Å². The van der Waals surface area contributed by atoms with E-state index in [1.165, 1.54) is 7.11 Å². The summed E-state index contributed by atoms with van der Waals surface area (Å²) in [6.45, 7) is 3.68. The van der Waals surface area contributed by atoms with Gasteiger partial charge in [0.25, 0.3) is 0 Å². The molecule has 0 bridgehead atoms. The largest absolute Gasteiger partial charge is 0.480 e. The van der Waals surface area contributed by atoms with E-state index in [1.807, 2.05) is 24.3 Å². The van der Waals surface area contributed by atoms with Crippen molar-refractivity contribution in [2.24, 2.45) is 5.92 Å². The van der Waals surface area contributed by atoms with Gasteiger partial charge >= 0.3 is 12.1 Å². The van der Waals surface area contributed by atoms with Crippen molar-refractivity contribution >= 4 is 18.0 Å². The van der Waals surface area contributed by atoms with Crippen LogP contribution in [0.2, 0.25) is 0 Å². The van der Waals surface area contributed by atoms with Crippen LogP contribution in [0, 0.1) is 5.92 Å². The first kappa shape index (κ1) is 24.3. The number of fused-ring (bicyclic) bond motifs is 3. The van der Waals surface area contributed by atoms with Crippen molar-refractivity contribution in [1.82, 2.24) is 10.6 Å². The Morgan fingerprint density at radius 3 is 2.12 bits per heavy atom. The molecular formula is C25H30N2O6. The highest BCUT2D eigenvalue weighted by Gasteiger charge is 2.30. The van der Waals surface area contributed by atoms with E-state index in [0.29, 0.717) is 6.42 Å². The van der Waals surface area contributed by atoms with Crippen LogP contribution in [0.15, 0.2) is 48.5 Å². The molecule has 2 aromatic rings. The van der Waals surface area contributed by atoms with Gasteiger partial charge in [0.05, 0.1) is 6.10 Å². The van der Waals surface area contributed by atoms with Crippen LogP contribution in [0.1, 0.15) is 37.3 Å². The molecule has 176 valence electrons. The molecule has 8 nitrogen and oxygen atoms in total. The van der Waals surface area contributed by atoms with Gasteiger partial charge < -0.3 is 25.2 Å². The summed E-state index contributed by atoms with van der Waals surface area (Å²) in [7, 11) is 1.38. The van der Waals surface area contributed by atoms with Crippen LogP contribution in [0.3, 0.4) is 0 Å². The number of carboxylic acids is 1. The molecule has 8 heteroatoms. The van der Waals surface area contributed by atoms with Crippen molar-refractivity contribution < 1.29 is 29.0 Å². The average Bonchev–Trinajstić information content (AvgIpc) is 3.14. The number of hydrogen-bond acceptors (Lipinski definition) is 5. The number of methoxy groups -OCH3 is 1. The van der Waals surface area contributed by atoms with Crippen molar-refractivity contribution in [1.29, 1.82) is 0 Å². The molecule has 1 aliphatic carbocycles. The van der Waals surface area contributed by atoms with Crippen molar-refractivity contribution in [3.05, 3.63) is 59.7 Å². The number of carboxylic acid groups (broad SMARTS) is 1. The Morgan fingerprint density at radius 2 is 1.58 bits per heavy atom. The minimum Gasteiger partial charge on any atom is -0.480 e. The van der Waals surface area contributed by atoms with Gasteiger partial charge in [-0.25, -0.2) is 9.59 Å². The molecule has 0 fully saturated rings. The van der Waals surface area contributed by atoms with Gasteiger partial charge in [0.2, 0.25) is 5.91 Å². The smallest absolute Gasteiger partial charge is 0.407 e. The van der Waals surface area contributed by atoms with Gasteiger partial charge in [-0.3, -0.25) is 4.79 Å². The Kier molecular flexibility index (Phi) is 8.06. The van der Waals surface area contributed by atoms with E-state index < -0.39 is 36.0 Å². The maximum Gasteiger partial charge on any atom is 0.407 e. The van der Waals surface area contributed by atoms with E-state index in [9.17, 15) is 19.5 Å². The molecule has 1 unspecified atom stereocenters. The molecule has 0 aliphatic heterocycles. The number of alkyl carbamates (subject to hydrolysis) is 1. The van der Waals surface area contributed by atoms with Crippen LogP contribution >= 0.6 is 0 Å². The van der Waals surface area contributed by atoms with Gasteiger partial charge in [-0.2, -0.15) is 0 Å². The van der Waals surface area contributed by atoms with Crippen LogP contribution in [-0.4, -0.2) is 55.5 Å². The van der Waals surface area contributed by atoms with Gasteiger partial charge in [0, 0.05) is 25.5 Å². The molecule has 0 saturated carbocycles. The van der Waals surface area contributed by atoms with Gasteiger partial charge in [-0.15, -0.1) is 0 Å². The lowest BCUT2D eigenvalue weighted by molar-refractivity contribution is -0.146. The summed E-state index contributed by atoms with van der Waals surface area (Å²) >= 11 is 0. The first-order valence-corrected chi connectivity index (χ1v) is 11.0. The Morgan fingerprint density at radius 1 is 1.00 bits per heavy atom. The lowest BCUT2D eigenvalue weighted by atomic mass is 9.98. The summed E-state index contributed by atoms with van der Waals surface area (Å²) < 4.78 is 10.5. The number of carbonyl (C=O) groups is 3. The second-order valence-corrected chi connectivity index (χ2v) is 8.21. The minimum absolute atomic E-state index is 0.0245. The maximum absolute atomic E-state index is 12.3. The molecule has 0 aromatic heterocycles. The molecule has 0 spiro atoms. The molecule has 0 radical (unpaired) electrons. The van der Waals surface area contributed by atoms with Crippen molar-refractivity contribution in [2.45, 2.75) is 38.3 Å². The Balaban J connectivity index is 1.47. The summed E-state index contributed by atoms with van der Waals surface area (Å²) in [4.78, 5) is 35.9. The second-order valence-electron chi connectivity index (χ2n) is 8.21. The number of benzene rings is 2. The molecule has 33 heavy (non-hydrogen) atoms. The normalized spacial score (nSPS) is 15.0. The number of carbonyl (C=O) groups excluding carboxylic acids is 2. The Labute approximate surface area is 193 Å². The molecule has 3 N–H and O–H groups in total. The van der Waals surface area contributed by atoms with E-state index >= 15 is 0 Å². The number of rotatable bonds is 10. The third-order valence-electron chi connectivity index (χ3n) is 6.04. The number of amides is 2. The highest BCUT2D eigenvalue weighted by molar-refractivity contribution is 5.85. The number of nitrogens with one attached hydrogen (secondary N) is 2. The lowest BCUT2D eigenvalue weighted by Gasteiger charge is -2.22. The predicted octanol–water partition coefficient (Wildman–Crippen LogP) is 3.16. The van der Waals surface area contributed by atoms with E-state index in [0.717, 1.165) is 22.3 Å². The molecule has 1 aliphatic rings. The molecule has 2 aromatic carbocycles. The fraction of sp³-hybridized carbons (Fsp3) is 0.400. The highest BCUT2D eigenvalue weighted by atomic mass is 16.5. The quantitative estimate of drug-likeness (QED) is 0.508. The van der Waals surface area contributed by atoms with Crippen LogP contribution in [0.4, 0.5) is 4.79 Å². The first-order valence-electron chi connectivity index (χ1n) is 11.0. The predicted molar refractivity (Wildman–Crippen MR) is 123 cm³/mol. The summed E-state index contributed by atoms with van der Waals surface area (Å²) in [6, 6.07) is 15.1. The fourth-order valence-electron chi connectivity index (χ4n) is 3.98. The third kappa shape index (κ3) is 5.70. The van der Waals surface area contributed by atoms with E-state index in [-0.39, 0.29) is 19.1 Å². The van der Waals surface area contributed by atoms with Crippen molar-refractivity contribution in [2.75, 3.05) is 20.3 Å². The summed E-state index contributed by atoms with van der Waals surface area (Å²) in [5, 5.41) is 14.4. The zero-order chi connectivity index (χ0) is 24.0. The zero-order valence-electron chi connectivity index (χ0n) is 19.0. The minimum atomic E-state index is -1.17. The zero-order valence-corrected chi connectivity index (χ0v) is 19.0. The highest BCUT2D eigenvalue weighted by Crippen LogP contribution is 2.44. The third-order valence-corrected chi connectivity index (χ3v) is 6.04. The molecule has 0 saturated heterocycles. The summed E-state index contributed by atoms with van der Waals surface area (Å²) in [6.07, 6.45) is -0.887.